The lowest BCUT2D eigenvalue weighted by Crippen LogP contribution is -2.14. The maximum absolute atomic E-state index is 12.7. The summed E-state index contributed by atoms with van der Waals surface area (Å²) < 4.78 is 34.6. The first kappa shape index (κ1) is 16.8. The van der Waals surface area contributed by atoms with Crippen LogP contribution in [0.2, 0.25) is 0 Å². The molecule has 1 N–H and O–H groups in total. The first-order valence-corrected chi connectivity index (χ1v) is 8.01. The van der Waals surface area contributed by atoms with Gasteiger partial charge in [-0.15, -0.1) is 0 Å². The average Bonchev–Trinajstić information content (AvgIpc) is 2.99. The molecule has 0 radical (unpaired) electrons. The summed E-state index contributed by atoms with van der Waals surface area (Å²) in [5.41, 5.74) is 0.309. The fraction of sp³-hybridized carbons (Fsp3) is 0.200. The van der Waals surface area contributed by atoms with Gasteiger partial charge in [0.15, 0.2) is 5.03 Å². The van der Waals surface area contributed by atoms with Crippen LogP contribution in [0.25, 0.3) is 0 Å². The van der Waals surface area contributed by atoms with Crippen LogP contribution < -0.4 is 0 Å². The Bertz CT molecular complexity index is 849. The zero-order valence-corrected chi connectivity index (χ0v) is 13.6. The molecular formula is C15H15NO6S. The lowest BCUT2D eigenvalue weighted by Gasteiger charge is -2.07. The number of nitrogens with one attached hydrogen (secondary N) is 1. The molecule has 1 heterocycles. The van der Waals surface area contributed by atoms with Crippen molar-refractivity contribution >= 4 is 21.8 Å². The summed E-state index contributed by atoms with van der Waals surface area (Å²) >= 11 is 0. The SMILES string of the molecule is COC(=O)c1c[nH]c(S(=O)(=O)c2ccc(C)cc2)c1C(=O)OC. The molecule has 0 bridgehead atoms. The van der Waals surface area contributed by atoms with Gasteiger partial charge in [-0.3, -0.25) is 0 Å². The largest absolute Gasteiger partial charge is 0.465 e. The van der Waals surface area contributed by atoms with Gasteiger partial charge in [0, 0.05) is 6.20 Å². The lowest BCUT2D eigenvalue weighted by atomic mass is 10.2. The van der Waals surface area contributed by atoms with E-state index in [1.54, 1.807) is 12.1 Å². The van der Waals surface area contributed by atoms with Gasteiger partial charge in [0.1, 0.15) is 5.56 Å². The molecule has 0 aliphatic heterocycles. The Morgan fingerprint density at radius 1 is 1.00 bits per heavy atom. The van der Waals surface area contributed by atoms with Crippen molar-refractivity contribution in [1.29, 1.82) is 0 Å². The van der Waals surface area contributed by atoms with Gasteiger partial charge >= 0.3 is 11.9 Å². The van der Waals surface area contributed by atoms with Gasteiger partial charge in [0.05, 0.1) is 24.7 Å². The Labute approximate surface area is 133 Å². The number of rotatable bonds is 4. The van der Waals surface area contributed by atoms with E-state index in [0.29, 0.717) is 0 Å². The van der Waals surface area contributed by atoms with E-state index in [1.807, 2.05) is 6.92 Å². The van der Waals surface area contributed by atoms with E-state index in [4.69, 9.17) is 0 Å². The molecule has 0 unspecified atom stereocenters. The third-order valence-corrected chi connectivity index (χ3v) is 4.99. The molecule has 1 aromatic carbocycles. The second-order valence-electron chi connectivity index (χ2n) is 4.71. The smallest absolute Gasteiger partial charge is 0.341 e. The number of H-pyrrole nitrogens is 1. The van der Waals surface area contributed by atoms with Crippen LogP contribution in [0.5, 0.6) is 0 Å². The van der Waals surface area contributed by atoms with Crippen LogP contribution in [0.4, 0.5) is 0 Å². The number of hydrogen-bond acceptors (Lipinski definition) is 6. The standard InChI is InChI=1S/C15H15NO6S/c1-9-4-6-10(7-5-9)23(19,20)13-12(15(18)22-3)11(8-16-13)14(17)21-2/h4-8,16H,1-3H3. The Morgan fingerprint density at radius 3 is 2.09 bits per heavy atom. The average molecular weight is 337 g/mol. The normalized spacial score (nSPS) is 11.1. The molecule has 122 valence electrons. The van der Waals surface area contributed by atoms with E-state index in [9.17, 15) is 18.0 Å². The van der Waals surface area contributed by atoms with Gasteiger partial charge < -0.3 is 14.5 Å². The van der Waals surface area contributed by atoms with Gasteiger partial charge in [0.2, 0.25) is 9.84 Å². The molecule has 0 amide bonds. The highest BCUT2D eigenvalue weighted by molar-refractivity contribution is 7.91. The molecule has 23 heavy (non-hydrogen) atoms. The number of ether oxygens (including phenoxy) is 2. The van der Waals surface area contributed by atoms with Crippen LogP contribution in [-0.4, -0.2) is 39.6 Å². The number of aryl methyl sites for hydroxylation is 1. The van der Waals surface area contributed by atoms with Gasteiger partial charge in [-0.2, -0.15) is 0 Å². The minimum absolute atomic E-state index is 0.00785. The maximum atomic E-state index is 12.7. The Balaban J connectivity index is 2.67. The number of carbonyl (C=O) groups is 2. The summed E-state index contributed by atoms with van der Waals surface area (Å²) in [7, 11) is -1.80. The highest BCUT2D eigenvalue weighted by Gasteiger charge is 2.32. The molecule has 0 fully saturated rings. The lowest BCUT2D eigenvalue weighted by molar-refractivity contribution is 0.0553. The number of aromatic amines is 1. The number of carbonyl (C=O) groups excluding carboxylic acids is 2. The molecule has 2 aromatic rings. The number of esters is 2. The van der Waals surface area contributed by atoms with Crippen molar-refractivity contribution in [3.05, 3.63) is 47.2 Å². The second-order valence-corrected chi connectivity index (χ2v) is 6.59. The van der Waals surface area contributed by atoms with Crippen molar-refractivity contribution in [2.75, 3.05) is 14.2 Å². The molecular weight excluding hydrogens is 322 g/mol. The molecule has 0 spiro atoms. The topological polar surface area (TPSA) is 103 Å². The fourth-order valence-electron chi connectivity index (χ4n) is 2.03. The third kappa shape index (κ3) is 2.98. The quantitative estimate of drug-likeness (QED) is 0.852. The van der Waals surface area contributed by atoms with Gasteiger partial charge in [0.25, 0.3) is 0 Å². The number of hydrogen-bond donors (Lipinski definition) is 1. The summed E-state index contributed by atoms with van der Waals surface area (Å²) in [6, 6.07) is 6.11. The van der Waals surface area contributed by atoms with Crippen LogP contribution in [0, 0.1) is 6.92 Å². The van der Waals surface area contributed by atoms with E-state index in [1.165, 1.54) is 12.1 Å². The summed E-state index contributed by atoms with van der Waals surface area (Å²) in [5.74, 6) is -1.79. The van der Waals surface area contributed by atoms with Gasteiger partial charge in [-0.25, -0.2) is 18.0 Å². The van der Waals surface area contributed by atoms with Crippen molar-refractivity contribution in [1.82, 2.24) is 4.98 Å². The highest BCUT2D eigenvalue weighted by Crippen LogP contribution is 2.27. The number of aromatic nitrogens is 1. The summed E-state index contributed by atoms with van der Waals surface area (Å²) in [5, 5.41) is -0.409. The van der Waals surface area contributed by atoms with Crippen LogP contribution in [0.3, 0.4) is 0 Å². The minimum atomic E-state index is -4.03. The zero-order chi connectivity index (χ0) is 17.2. The van der Waals surface area contributed by atoms with E-state index in [0.717, 1.165) is 26.0 Å². The summed E-state index contributed by atoms with van der Waals surface area (Å²) in [4.78, 5) is 26.1. The maximum Gasteiger partial charge on any atom is 0.341 e. The Hall–Kier alpha value is -2.61. The molecule has 2 rings (SSSR count). The number of benzene rings is 1. The van der Waals surface area contributed by atoms with Crippen LogP contribution >= 0.6 is 0 Å². The summed E-state index contributed by atoms with van der Waals surface area (Å²) in [6.45, 7) is 1.82. The Morgan fingerprint density at radius 2 is 1.57 bits per heavy atom. The monoisotopic (exact) mass is 337 g/mol. The molecule has 0 saturated heterocycles. The molecule has 0 saturated carbocycles. The predicted molar refractivity (Wildman–Crippen MR) is 80.1 cm³/mol. The highest BCUT2D eigenvalue weighted by atomic mass is 32.2. The van der Waals surface area contributed by atoms with E-state index in [2.05, 4.69) is 14.5 Å². The molecule has 0 aliphatic rings. The first-order valence-electron chi connectivity index (χ1n) is 6.52. The van der Waals surface area contributed by atoms with Crippen molar-refractivity contribution < 1.29 is 27.5 Å². The van der Waals surface area contributed by atoms with Crippen LogP contribution in [-0.2, 0) is 19.3 Å². The first-order chi connectivity index (χ1) is 10.8. The Kier molecular flexibility index (Phi) is 4.55. The fourth-order valence-corrected chi connectivity index (χ4v) is 3.43. The second kappa shape index (κ2) is 6.25. The molecule has 0 aliphatic carbocycles. The summed E-state index contributed by atoms with van der Waals surface area (Å²) in [6.07, 6.45) is 1.11. The van der Waals surface area contributed by atoms with Crippen molar-refractivity contribution in [3.63, 3.8) is 0 Å². The van der Waals surface area contributed by atoms with E-state index < -0.39 is 26.8 Å². The predicted octanol–water partition coefficient (Wildman–Crippen LogP) is 1.73. The number of methoxy groups -OCH3 is 2. The molecule has 1 aromatic heterocycles. The van der Waals surface area contributed by atoms with E-state index >= 15 is 0 Å². The van der Waals surface area contributed by atoms with Crippen molar-refractivity contribution in [2.45, 2.75) is 16.8 Å². The zero-order valence-electron chi connectivity index (χ0n) is 12.7. The molecule has 7 nitrogen and oxygen atoms in total. The number of sulfone groups is 1. The third-order valence-electron chi connectivity index (χ3n) is 3.24. The van der Waals surface area contributed by atoms with Gasteiger partial charge in [-0.05, 0) is 19.1 Å². The van der Waals surface area contributed by atoms with Crippen molar-refractivity contribution in [3.8, 4) is 0 Å². The van der Waals surface area contributed by atoms with Crippen LogP contribution in [0.1, 0.15) is 26.3 Å². The van der Waals surface area contributed by atoms with Crippen molar-refractivity contribution in [2.24, 2.45) is 0 Å². The van der Waals surface area contributed by atoms with E-state index in [-0.39, 0.29) is 16.0 Å². The van der Waals surface area contributed by atoms with Gasteiger partial charge in [-0.1, -0.05) is 17.7 Å². The van der Waals surface area contributed by atoms with Crippen LogP contribution in [0.15, 0.2) is 40.4 Å². The molecule has 8 heteroatoms. The molecule has 0 atom stereocenters. The minimum Gasteiger partial charge on any atom is -0.465 e.